The fourth-order valence-corrected chi connectivity index (χ4v) is 2.58. The van der Waals surface area contributed by atoms with Gasteiger partial charge in [-0.3, -0.25) is 0 Å². The smallest absolute Gasteiger partial charge is 0.338 e. The normalized spacial score (nSPS) is 10.7. The van der Waals surface area contributed by atoms with Gasteiger partial charge < -0.3 is 14.2 Å². The number of allylic oxidation sites excluding steroid dienone is 1. The monoisotopic (exact) mass is 387 g/mol. The molecule has 1 heterocycles. The van der Waals surface area contributed by atoms with Crippen LogP contribution in [0.15, 0.2) is 67.0 Å². The summed E-state index contributed by atoms with van der Waals surface area (Å²) in [7, 11) is 1.32. The fraction of sp³-hybridized carbons (Fsp3) is 0.0909. The van der Waals surface area contributed by atoms with Crippen molar-refractivity contribution in [3.63, 3.8) is 0 Å². The van der Waals surface area contributed by atoms with Crippen LogP contribution in [0.2, 0.25) is 0 Å². The van der Waals surface area contributed by atoms with Gasteiger partial charge in [-0.1, -0.05) is 36.4 Å². The number of nitriles is 1. The number of carbonyl (C=O) groups excluding carboxylic acids is 1. The number of ether oxygens (including phenoxy) is 3. The fourth-order valence-electron chi connectivity index (χ4n) is 2.58. The summed E-state index contributed by atoms with van der Waals surface area (Å²) in [6, 6.07) is 17.4. The number of benzene rings is 2. The molecule has 0 unspecified atom stereocenters. The van der Waals surface area contributed by atoms with Crippen LogP contribution in [0, 0.1) is 11.3 Å². The van der Waals surface area contributed by atoms with E-state index in [1.54, 1.807) is 61.5 Å². The van der Waals surface area contributed by atoms with Crippen molar-refractivity contribution < 1.29 is 19.0 Å². The molecular weight excluding hydrogens is 370 g/mol. The number of hydrogen-bond donors (Lipinski definition) is 0. The molecule has 0 bridgehead atoms. The predicted molar refractivity (Wildman–Crippen MR) is 105 cm³/mol. The number of para-hydroxylation sites is 2. The molecule has 0 aliphatic carbocycles. The molecule has 1 aromatic heterocycles. The van der Waals surface area contributed by atoms with Crippen molar-refractivity contribution in [1.29, 1.82) is 5.26 Å². The minimum Gasteiger partial charge on any atom is -0.465 e. The number of carbonyl (C=O) groups is 1. The summed E-state index contributed by atoms with van der Waals surface area (Å²) in [6.07, 6.45) is 2.94. The van der Waals surface area contributed by atoms with Gasteiger partial charge in [-0.05, 0) is 25.1 Å². The number of nitrogens with zero attached hydrogens (tertiary/aromatic N) is 3. The number of rotatable bonds is 6. The second-order valence-corrected chi connectivity index (χ2v) is 5.70. The third kappa shape index (κ3) is 4.57. The molecule has 0 saturated carbocycles. The Morgan fingerprint density at radius 2 is 1.62 bits per heavy atom. The van der Waals surface area contributed by atoms with Gasteiger partial charge in [-0.15, -0.1) is 0 Å². The summed E-state index contributed by atoms with van der Waals surface area (Å²) >= 11 is 0. The second kappa shape index (κ2) is 9.15. The van der Waals surface area contributed by atoms with Crippen LogP contribution in [0.3, 0.4) is 0 Å². The molecule has 0 fully saturated rings. The molecule has 0 spiro atoms. The summed E-state index contributed by atoms with van der Waals surface area (Å²) in [5.74, 6) is 0.769. The zero-order valence-corrected chi connectivity index (χ0v) is 15.8. The van der Waals surface area contributed by atoms with E-state index >= 15 is 0 Å². The Kier molecular flexibility index (Phi) is 6.18. The van der Waals surface area contributed by atoms with E-state index in [9.17, 15) is 10.1 Å². The van der Waals surface area contributed by atoms with Crippen LogP contribution in [0.4, 0.5) is 0 Å². The molecular formula is C22H17N3O4. The molecule has 2 aromatic carbocycles. The maximum atomic E-state index is 12.0. The Hall–Kier alpha value is -4.18. The Morgan fingerprint density at radius 3 is 2.28 bits per heavy atom. The SMILES string of the molecule is C/C=C(/C(=O)OC)c1ccccc1Oc1cc(Oc2ccccc2C#N)ncn1. The zero-order chi connectivity index (χ0) is 20.6. The van der Waals surface area contributed by atoms with Crippen LogP contribution in [0.5, 0.6) is 23.3 Å². The first-order chi connectivity index (χ1) is 14.2. The van der Waals surface area contributed by atoms with Gasteiger partial charge in [0.1, 0.15) is 23.9 Å². The van der Waals surface area contributed by atoms with Crippen LogP contribution in [0.1, 0.15) is 18.1 Å². The minimum atomic E-state index is -0.469. The maximum absolute atomic E-state index is 12.0. The van der Waals surface area contributed by atoms with Crippen molar-refractivity contribution in [3.8, 4) is 29.3 Å². The van der Waals surface area contributed by atoms with Gasteiger partial charge in [0.05, 0.1) is 24.3 Å². The molecule has 0 amide bonds. The third-order valence-electron chi connectivity index (χ3n) is 3.92. The Labute approximate surface area is 167 Å². The van der Waals surface area contributed by atoms with Gasteiger partial charge in [0.15, 0.2) is 0 Å². The van der Waals surface area contributed by atoms with Gasteiger partial charge in [0, 0.05) is 5.56 Å². The summed E-state index contributed by atoms with van der Waals surface area (Å²) in [5, 5.41) is 9.19. The van der Waals surface area contributed by atoms with Crippen LogP contribution in [0.25, 0.3) is 5.57 Å². The van der Waals surface area contributed by atoms with E-state index < -0.39 is 5.97 Å². The Balaban J connectivity index is 1.89. The lowest BCUT2D eigenvalue weighted by Crippen LogP contribution is -2.05. The minimum absolute atomic E-state index is 0.217. The van der Waals surface area contributed by atoms with Gasteiger partial charge in [-0.2, -0.15) is 5.26 Å². The molecule has 0 aliphatic rings. The molecule has 7 nitrogen and oxygen atoms in total. The maximum Gasteiger partial charge on any atom is 0.338 e. The van der Waals surface area contributed by atoms with Crippen molar-refractivity contribution in [3.05, 3.63) is 78.1 Å². The molecule has 3 aromatic rings. The topological polar surface area (TPSA) is 94.3 Å². The Bertz CT molecular complexity index is 1100. The van der Waals surface area contributed by atoms with E-state index in [0.717, 1.165) is 0 Å². The molecule has 0 N–H and O–H groups in total. The highest BCUT2D eigenvalue weighted by atomic mass is 16.5. The number of esters is 1. The standard InChI is InChI=1S/C22H17N3O4/c1-3-16(22(26)27-2)17-9-5-7-11-19(17)29-21-12-20(24-14-25-21)28-18-10-6-4-8-15(18)13-23/h3-12,14H,1-2H3/b16-3+. The number of hydrogen-bond acceptors (Lipinski definition) is 7. The Morgan fingerprint density at radius 1 is 1.00 bits per heavy atom. The van der Waals surface area contributed by atoms with Crippen molar-refractivity contribution in [2.75, 3.05) is 7.11 Å². The quantitative estimate of drug-likeness (QED) is 0.454. The van der Waals surface area contributed by atoms with E-state index in [4.69, 9.17) is 14.2 Å². The second-order valence-electron chi connectivity index (χ2n) is 5.70. The van der Waals surface area contributed by atoms with Gasteiger partial charge in [0.25, 0.3) is 0 Å². The molecule has 0 radical (unpaired) electrons. The lowest BCUT2D eigenvalue weighted by molar-refractivity contribution is -0.133. The lowest BCUT2D eigenvalue weighted by atomic mass is 10.0. The summed E-state index contributed by atoms with van der Waals surface area (Å²) in [6.45, 7) is 1.74. The average Bonchev–Trinajstić information content (AvgIpc) is 2.76. The first kappa shape index (κ1) is 19.6. The largest absolute Gasteiger partial charge is 0.465 e. The van der Waals surface area contributed by atoms with Crippen molar-refractivity contribution in [2.24, 2.45) is 0 Å². The molecule has 0 saturated heterocycles. The van der Waals surface area contributed by atoms with Crippen LogP contribution >= 0.6 is 0 Å². The van der Waals surface area contributed by atoms with E-state index in [0.29, 0.717) is 28.2 Å². The van der Waals surface area contributed by atoms with E-state index in [-0.39, 0.29) is 11.8 Å². The van der Waals surface area contributed by atoms with Gasteiger partial charge >= 0.3 is 5.97 Å². The van der Waals surface area contributed by atoms with E-state index in [1.165, 1.54) is 19.5 Å². The molecule has 29 heavy (non-hydrogen) atoms. The highest BCUT2D eigenvalue weighted by molar-refractivity contribution is 6.17. The zero-order valence-electron chi connectivity index (χ0n) is 15.8. The first-order valence-electron chi connectivity index (χ1n) is 8.67. The predicted octanol–water partition coefficient (Wildman–Crippen LogP) is 4.51. The summed E-state index contributed by atoms with van der Waals surface area (Å²) < 4.78 is 16.4. The highest BCUT2D eigenvalue weighted by Gasteiger charge is 2.17. The first-order valence-corrected chi connectivity index (χ1v) is 8.67. The van der Waals surface area contributed by atoms with Crippen LogP contribution < -0.4 is 9.47 Å². The molecule has 144 valence electrons. The van der Waals surface area contributed by atoms with Crippen molar-refractivity contribution in [1.82, 2.24) is 9.97 Å². The van der Waals surface area contributed by atoms with Crippen molar-refractivity contribution >= 4 is 11.5 Å². The molecule has 0 aliphatic heterocycles. The number of aromatic nitrogens is 2. The van der Waals surface area contributed by atoms with Gasteiger partial charge in [0.2, 0.25) is 11.8 Å². The van der Waals surface area contributed by atoms with E-state index in [2.05, 4.69) is 16.0 Å². The average molecular weight is 387 g/mol. The number of methoxy groups -OCH3 is 1. The van der Waals surface area contributed by atoms with Crippen LogP contribution in [-0.4, -0.2) is 23.0 Å². The van der Waals surface area contributed by atoms with Gasteiger partial charge in [-0.25, -0.2) is 14.8 Å². The molecule has 3 rings (SSSR count). The third-order valence-corrected chi connectivity index (χ3v) is 3.92. The highest BCUT2D eigenvalue weighted by Crippen LogP contribution is 2.31. The summed E-state index contributed by atoms with van der Waals surface area (Å²) in [4.78, 5) is 20.2. The molecule has 0 atom stereocenters. The molecule has 7 heteroatoms. The van der Waals surface area contributed by atoms with E-state index in [1.807, 2.05) is 0 Å². The summed E-state index contributed by atoms with van der Waals surface area (Å²) in [5.41, 5.74) is 1.32. The van der Waals surface area contributed by atoms with Crippen LogP contribution in [-0.2, 0) is 9.53 Å². The lowest BCUT2D eigenvalue weighted by Gasteiger charge is -2.12. The van der Waals surface area contributed by atoms with Crippen molar-refractivity contribution in [2.45, 2.75) is 6.92 Å².